The number of hydrogen-bond acceptors (Lipinski definition) is 4. The lowest BCUT2D eigenvalue weighted by Crippen LogP contribution is -2.24. The highest BCUT2D eigenvalue weighted by atomic mass is 16.6. The highest BCUT2D eigenvalue weighted by Crippen LogP contribution is 2.44. The Morgan fingerprint density at radius 1 is 1.13 bits per heavy atom. The Bertz CT molecular complexity index is 772. The summed E-state index contributed by atoms with van der Waals surface area (Å²) in [5.41, 5.74) is 2.89. The van der Waals surface area contributed by atoms with Gasteiger partial charge in [-0.05, 0) is 29.3 Å². The van der Waals surface area contributed by atoms with Gasteiger partial charge in [-0.3, -0.25) is 4.79 Å². The Morgan fingerprint density at radius 2 is 1.91 bits per heavy atom. The van der Waals surface area contributed by atoms with Crippen LogP contribution in [0.15, 0.2) is 36.4 Å². The first kappa shape index (κ1) is 13.9. The molecule has 2 aromatic rings. The van der Waals surface area contributed by atoms with Crippen LogP contribution in [0.2, 0.25) is 0 Å². The van der Waals surface area contributed by atoms with Gasteiger partial charge in [-0.2, -0.15) is 0 Å². The molecule has 2 aliphatic rings. The second kappa shape index (κ2) is 5.50. The number of methoxy groups -OCH3 is 1. The maximum absolute atomic E-state index is 12.1. The van der Waals surface area contributed by atoms with Gasteiger partial charge in [0.1, 0.15) is 19.0 Å². The van der Waals surface area contributed by atoms with Crippen LogP contribution in [0.4, 0.5) is 5.69 Å². The molecule has 0 radical (unpaired) electrons. The third-order valence-corrected chi connectivity index (χ3v) is 4.25. The summed E-state index contributed by atoms with van der Waals surface area (Å²) in [6, 6.07) is 11.7. The number of carbonyl (C=O) groups excluding carboxylic acids is 1. The first-order chi connectivity index (χ1) is 11.2. The van der Waals surface area contributed by atoms with Crippen molar-refractivity contribution in [1.29, 1.82) is 0 Å². The number of fused-ring (bicyclic) bond motifs is 2. The number of ether oxygens (including phenoxy) is 3. The van der Waals surface area contributed by atoms with Crippen LogP contribution in [0.1, 0.15) is 23.5 Å². The highest BCUT2D eigenvalue weighted by molar-refractivity contribution is 5.96. The van der Waals surface area contributed by atoms with Crippen LogP contribution in [0.3, 0.4) is 0 Å². The summed E-state index contributed by atoms with van der Waals surface area (Å²) in [5, 5.41) is 2.93. The molecule has 0 aliphatic carbocycles. The lowest BCUT2D eigenvalue weighted by Gasteiger charge is -2.29. The van der Waals surface area contributed by atoms with Gasteiger partial charge in [0.05, 0.1) is 7.11 Å². The summed E-state index contributed by atoms with van der Waals surface area (Å²) < 4.78 is 16.6. The van der Waals surface area contributed by atoms with E-state index in [1.807, 2.05) is 36.4 Å². The van der Waals surface area contributed by atoms with E-state index in [0.717, 1.165) is 28.3 Å². The van der Waals surface area contributed by atoms with E-state index in [2.05, 4.69) is 5.32 Å². The minimum atomic E-state index is -0.0234. The molecule has 2 heterocycles. The molecule has 4 rings (SSSR count). The summed E-state index contributed by atoms with van der Waals surface area (Å²) >= 11 is 0. The van der Waals surface area contributed by atoms with Crippen LogP contribution in [0, 0.1) is 0 Å². The smallest absolute Gasteiger partial charge is 0.225 e. The highest BCUT2D eigenvalue weighted by Gasteiger charge is 2.29. The van der Waals surface area contributed by atoms with Crippen molar-refractivity contribution in [1.82, 2.24) is 0 Å². The molecule has 0 saturated heterocycles. The molecule has 5 nitrogen and oxygen atoms in total. The van der Waals surface area contributed by atoms with Gasteiger partial charge in [0.2, 0.25) is 5.91 Å². The van der Waals surface area contributed by atoms with E-state index in [1.54, 1.807) is 7.11 Å². The van der Waals surface area contributed by atoms with Gasteiger partial charge in [0.25, 0.3) is 0 Å². The summed E-state index contributed by atoms with van der Waals surface area (Å²) in [5.74, 6) is 2.18. The average molecular weight is 311 g/mol. The zero-order chi connectivity index (χ0) is 15.8. The molecule has 0 unspecified atom stereocenters. The van der Waals surface area contributed by atoms with Gasteiger partial charge < -0.3 is 19.5 Å². The van der Waals surface area contributed by atoms with Crippen molar-refractivity contribution in [3.8, 4) is 17.2 Å². The SMILES string of the molecule is COc1cccc([C@H]2CC(=O)Nc3cc4c(cc32)OCCO4)c1. The fourth-order valence-electron chi connectivity index (χ4n) is 3.15. The first-order valence-electron chi connectivity index (χ1n) is 7.62. The molecule has 23 heavy (non-hydrogen) atoms. The van der Waals surface area contributed by atoms with E-state index in [4.69, 9.17) is 14.2 Å². The van der Waals surface area contributed by atoms with Crippen molar-refractivity contribution in [3.63, 3.8) is 0 Å². The van der Waals surface area contributed by atoms with Crippen LogP contribution >= 0.6 is 0 Å². The van der Waals surface area contributed by atoms with E-state index >= 15 is 0 Å². The van der Waals surface area contributed by atoms with Crippen molar-refractivity contribution < 1.29 is 19.0 Å². The van der Waals surface area contributed by atoms with Crippen molar-refractivity contribution in [2.24, 2.45) is 0 Å². The van der Waals surface area contributed by atoms with Gasteiger partial charge in [0.15, 0.2) is 11.5 Å². The van der Waals surface area contributed by atoms with Gasteiger partial charge in [0, 0.05) is 24.1 Å². The number of carbonyl (C=O) groups is 1. The topological polar surface area (TPSA) is 56.8 Å². The summed E-state index contributed by atoms with van der Waals surface area (Å²) in [4.78, 5) is 12.1. The molecule has 1 atom stereocenters. The summed E-state index contributed by atoms with van der Waals surface area (Å²) in [6.07, 6.45) is 0.403. The molecule has 118 valence electrons. The zero-order valence-electron chi connectivity index (χ0n) is 12.8. The van der Waals surface area contributed by atoms with Crippen molar-refractivity contribution in [2.75, 3.05) is 25.6 Å². The summed E-state index contributed by atoms with van der Waals surface area (Å²) in [7, 11) is 1.64. The maximum atomic E-state index is 12.1. The molecular formula is C18H17NO4. The number of hydrogen-bond donors (Lipinski definition) is 1. The minimum absolute atomic E-state index is 0.00185. The first-order valence-corrected chi connectivity index (χ1v) is 7.62. The lowest BCUT2D eigenvalue weighted by atomic mass is 9.84. The van der Waals surface area contributed by atoms with Crippen LogP contribution in [0.25, 0.3) is 0 Å². The van der Waals surface area contributed by atoms with Crippen molar-refractivity contribution >= 4 is 11.6 Å². The monoisotopic (exact) mass is 311 g/mol. The average Bonchev–Trinajstić information content (AvgIpc) is 2.59. The molecule has 2 aromatic carbocycles. The molecule has 0 bridgehead atoms. The third kappa shape index (κ3) is 2.48. The fourth-order valence-corrected chi connectivity index (χ4v) is 3.15. The fraction of sp³-hybridized carbons (Fsp3) is 0.278. The zero-order valence-corrected chi connectivity index (χ0v) is 12.8. The van der Waals surface area contributed by atoms with E-state index in [1.165, 1.54) is 0 Å². The maximum Gasteiger partial charge on any atom is 0.225 e. The van der Waals surface area contributed by atoms with Gasteiger partial charge in [-0.25, -0.2) is 0 Å². The molecule has 2 aliphatic heterocycles. The van der Waals surface area contributed by atoms with Crippen molar-refractivity contribution in [2.45, 2.75) is 12.3 Å². The predicted molar refractivity (Wildman–Crippen MR) is 85.5 cm³/mol. The predicted octanol–water partition coefficient (Wildman–Crippen LogP) is 2.94. The van der Waals surface area contributed by atoms with E-state index < -0.39 is 0 Å². The Labute approximate surface area is 134 Å². The van der Waals surface area contributed by atoms with E-state index in [0.29, 0.717) is 25.4 Å². The molecule has 0 aromatic heterocycles. The largest absolute Gasteiger partial charge is 0.497 e. The minimum Gasteiger partial charge on any atom is -0.497 e. The van der Waals surface area contributed by atoms with Crippen LogP contribution in [-0.2, 0) is 4.79 Å². The van der Waals surface area contributed by atoms with Crippen LogP contribution < -0.4 is 19.5 Å². The Kier molecular flexibility index (Phi) is 3.33. The standard InChI is InChI=1S/C18H17NO4/c1-21-12-4-2-3-11(7-12)13-9-18(20)19-15-10-17-16(8-14(13)15)22-5-6-23-17/h2-4,7-8,10,13H,5-6,9H2,1H3,(H,19,20)/t13-/m1/s1. The molecule has 0 fully saturated rings. The lowest BCUT2D eigenvalue weighted by molar-refractivity contribution is -0.116. The van der Waals surface area contributed by atoms with Gasteiger partial charge in [-0.15, -0.1) is 0 Å². The van der Waals surface area contributed by atoms with Crippen LogP contribution in [0.5, 0.6) is 17.2 Å². The number of anilines is 1. The normalized spacial score (nSPS) is 18.8. The molecule has 0 spiro atoms. The molecule has 5 heteroatoms. The van der Waals surface area contributed by atoms with Crippen LogP contribution in [-0.4, -0.2) is 26.2 Å². The van der Waals surface area contributed by atoms with Gasteiger partial charge >= 0.3 is 0 Å². The number of amides is 1. The number of rotatable bonds is 2. The third-order valence-electron chi connectivity index (χ3n) is 4.25. The summed E-state index contributed by atoms with van der Waals surface area (Å²) in [6.45, 7) is 1.07. The molecule has 0 saturated carbocycles. The van der Waals surface area contributed by atoms with E-state index in [9.17, 15) is 4.79 Å². The molecule has 1 N–H and O–H groups in total. The molecule has 1 amide bonds. The quantitative estimate of drug-likeness (QED) is 0.926. The number of nitrogens with one attached hydrogen (secondary N) is 1. The second-order valence-corrected chi connectivity index (χ2v) is 5.66. The Hall–Kier alpha value is -2.69. The Balaban J connectivity index is 1.81. The van der Waals surface area contributed by atoms with Gasteiger partial charge in [-0.1, -0.05) is 12.1 Å². The van der Waals surface area contributed by atoms with Crippen molar-refractivity contribution in [3.05, 3.63) is 47.5 Å². The van der Waals surface area contributed by atoms with E-state index in [-0.39, 0.29) is 11.8 Å². The number of benzene rings is 2. The second-order valence-electron chi connectivity index (χ2n) is 5.66. The molecular weight excluding hydrogens is 294 g/mol. The Morgan fingerprint density at radius 3 is 2.70 bits per heavy atom.